The van der Waals surface area contributed by atoms with Crippen molar-refractivity contribution in [3.05, 3.63) is 0 Å². The minimum absolute atomic E-state index is 0.0565. The standard InChI is InChI=1S/C22H32N4O7/c27-13-15(12-20(30)31)23-21(32)17-7-4-10-25-19(29)9-8-16(22(33)26(17)25)24-18(28)11-14-5-2-1-3-6-14/h13-17H,1-12H2,(H,23,32)(H,24,28)(H,30,31). The number of nitrogens with zero attached hydrogens (tertiary/aromatic N) is 2. The van der Waals surface area contributed by atoms with E-state index in [2.05, 4.69) is 10.6 Å². The van der Waals surface area contributed by atoms with Crippen molar-refractivity contribution in [2.75, 3.05) is 6.54 Å². The molecule has 3 rings (SSSR count). The highest BCUT2D eigenvalue weighted by molar-refractivity contribution is 5.96. The molecule has 3 atom stereocenters. The summed E-state index contributed by atoms with van der Waals surface area (Å²) in [5.74, 6) is -2.75. The zero-order valence-electron chi connectivity index (χ0n) is 18.7. The van der Waals surface area contributed by atoms with Crippen LogP contribution in [0.4, 0.5) is 0 Å². The zero-order chi connectivity index (χ0) is 24.0. The number of carbonyl (C=O) groups excluding carboxylic acids is 5. The molecule has 0 bridgehead atoms. The molecule has 0 spiro atoms. The van der Waals surface area contributed by atoms with E-state index in [4.69, 9.17) is 5.11 Å². The van der Waals surface area contributed by atoms with Gasteiger partial charge in [-0.2, -0.15) is 0 Å². The number of carbonyl (C=O) groups is 6. The van der Waals surface area contributed by atoms with Crippen LogP contribution in [-0.4, -0.2) is 75.7 Å². The summed E-state index contributed by atoms with van der Waals surface area (Å²) >= 11 is 0. The summed E-state index contributed by atoms with van der Waals surface area (Å²) < 4.78 is 0. The number of hydrogen-bond donors (Lipinski definition) is 3. The number of aliphatic carboxylic acids is 1. The fourth-order valence-electron chi connectivity index (χ4n) is 4.91. The molecule has 2 aliphatic heterocycles. The Hall–Kier alpha value is -2.98. The van der Waals surface area contributed by atoms with E-state index < -0.39 is 42.3 Å². The van der Waals surface area contributed by atoms with Crippen LogP contribution < -0.4 is 10.6 Å². The second kappa shape index (κ2) is 11.2. The van der Waals surface area contributed by atoms with E-state index in [-0.39, 0.29) is 37.6 Å². The lowest BCUT2D eigenvalue weighted by Crippen LogP contribution is -2.64. The highest BCUT2D eigenvalue weighted by atomic mass is 16.4. The first-order valence-corrected chi connectivity index (χ1v) is 11.7. The molecular formula is C22H32N4O7. The summed E-state index contributed by atoms with van der Waals surface area (Å²) in [7, 11) is 0. The van der Waals surface area contributed by atoms with Gasteiger partial charge in [-0.3, -0.25) is 29.0 Å². The Balaban J connectivity index is 1.71. The average molecular weight is 465 g/mol. The molecule has 0 radical (unpaired) electrons. The summed E-state index contributed by atoms with van der Waals surface area (Å²) in [5, 5.41) is 16.4. The van der Waals surface area contributed by atoms with E-state index in [0.717, 1.165) is 30.7 Å². The maximum absolute atomic E-state index is 13.4. The Labute approximate surface area is 192 Å². The summed E-state index contributed by atoms with van der Waals surface area (Å²) in [6.07, 6.45) is 6.34. The molecule has 3 fully saturated rings. The van der Waals surface area contributed by atoms with Gasteiger partial charge in [0.25, 0.3) is 5.91 Å². The molecule has 3 aliphatic rings. The molecule has 0 aromatic heterocycles. The normalized spacial score (nSPS) is 25.0. The van der Waals surface area contributed by atoms with Gasteiger partial charge in [0.1, 0.15) is 18.4 Å². The van der Waals surface area contributed by atoms with Crippen molar-refractivity contribution in [1.29, 1.82) is 0 Å². The second-order valence-electron chi connectivity index (χ2n) is 9.07. The molecule has 1 saturated carbocycles. The van der Waals surface area contributed by atoms with E-state index in [1.807, 2.05) is 0 Å². The molecule has 4 amide bonds. The quantitative estimate of drug-likeness (QED) is 0.432. The van der Waals surface area contributed by atoms with Gasteiger partial charge in [-0.1, -0.05) is 19.3 Å². The SMILES string of the molecule is O=CC(CC(=O)O)NC(=O)C1CCCN2C(=O)CCC(NC(=O)CC3CCCCC3)C(=O)N12. The van der Waals surface area contributed by atoms with Crippen molar-refractivity contribution in [1.82, 2.24) is 20.7 Å². The van der Waals surface area contributed by atoms with E-state index in [0.29, 0.717) is 25.0 Å². The van der Waals surface area contributed by atoms with Gasteiger partial charge in [0, 0.05) is 19.4 Å². The number of carboxylic acids is 1. The minimum Gasteiger partial charge on any atom is -0.481 e. The maximum Gasteiger partial charge on any atom is 0.305 e. The first-order valence-electron chi connectivity index (χ1n) is 11.7. The van der Waals surface area contributed by atoms with Gasteiger partial charge >= 0.3 is 5.97 Å². The van der Waals surface area contributed by atoms with Crippen molar-refractivity contribution in [3.8, 4) is 0 Å². The average Bonchev–Trinajstić information content (AvgIpc) is 2.91. The van der Waals surface area contributed by atoms with Gasteiger partial charge in [0.2, 0.25) is 17.7 Å². The molecule has 1 aliphatic carbocycles. The number of hydrazine groups is 1. The molecule has 11 heteroatoms. The smallest absolute Gasteiger partial charge is 0.305 e. The van der Waals surface area contributed by atoms with Crippen LogP contribution in [0.15, 0.2) is 0 Å². The summed E-state index contributed by atoms with van der Waals surface area (Å²) in [5.41, 5.74) is 0. The van der Waals surface area contributed by atoms with Crippen LogP contribution in [0.5, 0.6) is 0 Å². The number of amides is 4. The molecule has 3 N–H and O–H groups in total. The predicted molar refractivity (Wildman–Crippen MR) is 114 cm³/mol. The van der Waals surface area contributed by atoms with Crippen LogP contribution in [0.25, 0.3) is 0 Å². The lowest BCUT2D eigenvalue weighted by atomic mass is 9.87. The van der Waals surface area contributed by atoms with Gasteiger partial charge in [-0.05, 0) is 38.0 Å². The predicted octanol–water partition coefficient (Wildman–Crippen LogP) is 0.128. The van der Waals surface area contributed by atoms with Gasteiger partial charge < -0.3 is 20.5 Å². The van der Waals surface area contributed by atoms with Crippen molar-refractivity contribution in [2.45, 2.75) is 88.8 Å². The number of aldehydes is 1. The lowest BCUT2D eigenvalue weighted by molar-refractivity contribution is -0.176. The van der Waals surface area contributed by atoms with Gasteiger partial charge in [-0.25, -0.2) is 5.01 Å². The lowest BCUT2D eigenvalue weighted by Gasteiger charge is -2.43. The van der Waals surface area contributed by atoms with Crippen molar-refractivity contribution < 1.29 is 33.9 Å². The van der Waals surface area contributed by atoms with Gasteiger partial charge in [0.15, 0.2) is 0 Å². The van der Waals surface area contributed by atoms with Gasteiger partial charge in [0.05, 0.1) is 12.5 Å². The number of nitrogens with one attached hydrogen (secondary N) is 2. The third kappa shape index (κ3) is 6.29. The highest BCUT2D eigenvalue weighted by Gasteiger charge is 2.45. The van der Waals surface area contributed by atoms with Crippen molar-refractivity contribution in [3.63, 3.8) is 0 Å². The monoisotopic (exact) mass is 464 g/mol. The maximum atomic E-state index is 13.4. The van der Waals surface area contributed by atoms with E-state index >= 15 is 0 Å². The fourth-order valence-corrected chi connectivity index (χ4v) is 4.91. The Morgan fingerprint density at radius 2 is 1.79 bits per heavy atom. The molecule has 33 heavy (non-hydrogen) atoms. The number of fused-ring (bicyclic) bond motifs is 1. The highest BCUT2D eigenvalue weighted by Crippen LogP contribution is 2.27. The Morgan fingerprint density at radius 3 is 2.45 bits per heavy atom. The molecule has 11 nitrogen and oxygen atoms in total. The van der Waals surface area contributed by atoms with Gasteiger partial charge in [-0.15, -0.1) is 0 Å². The van der Waals surface area contributed by atoms with Crippen LogP contribution in [0.3, 0.4) is 0 Å². The fraction of sp³-hybridized carbons (Fsp3) is 0.727. The zero-order valence-corrected chi connectivity index (χ0v) is 18.7. The number of hydrogen-bond acceptors (Lipinski definition) is 6. The Kier molecular flexibility index (Phi) is 8.40. The van der Waals surface area contributed by atoms with Crippen LogP contribution in [-0.2, 0) is 28.8 Å². The first kappa shape index (κ1) is 24.7. The molecule has 2 heterocycles. The topological polar surface area (TPSA) is 153 Å². The molecule has 182 valence electrons. The third-order valence-corrected chi connectivity index (χ3v) is 6.58. The van der Waals surface area contributed by atoms with E-state index in [1.165, 1.54) is 11.4 Å². The second-order valence-corrected chi connectivity index (χ2v) is 9.07. The first-order chi connectivity index (χ1) is 15.8. The molecule has 2 saturated heterocycles. The Morgan fingerprint density at radius 1 is 1.06 bits per heavy atom. The summed E-state index contributed by atoms with van der Waals surface area (Å²) in [6.45, 7) is 0.267. The van der Waals surface area contributed by atoms with Crippen LogP contribution in [0.1, 0.15) is 70.6 Å². The van der Waals surface area contributed by atoms with E-state index in [1.54, 1.807) is 0 Å². The molecule has 0 aromatic rings. The van der Waals surface area contributed by atoms with Crippen molar-refractivity contribution >= 4 is 35.9 Å². The number of carboxylic acid groups (broad SMARTS) is 1. The minimum atomic E-state index is -1.25. The van der Waals surface area contributed by atoms with E-state index in [9.17, 15) is 28.8 Å². The van der Waals surface area contributed by atoms with Crippen LogP contribution >= 0.6 is 0 Å². The van der Waals surface area contributed by atoms with Crippen LogP contribution in [0, 0.1) is 5.92 Å². The van der Waals surface area contributed by atoms with Crippen LogP contribution in [0.2, 0.25) is 0 Å². The molecule has 0 aromatic carbocycles. The largest absolute Gasteiger partial charge is 0.481 e. The number of rotatable bonds is 8. The summed E-state index contributed by atoms with van der Waals surface area (Å²) in [6, 6.07) is -3.24. The molecular weight excluding hydrogens is 432 g/mol. The summed E-state index contributed by atoms with van der Waals surface area (Å²) in [4.78, 5) is 73.7. The third-order valence-electron chi connectivity index (χ3n) is 6.58. The molecule has 3 unspecified atom stereocenters. The Bertz CT molecular complexity index is 796. The van der Waals surface area contributed by atoms with Crippen molar-refractivity contribution in [2.24, 2.45) is 5.92 Å².